The van der Waals surface area contributed by atoms with E-state index in [-0.39, 0.29) is 14.9 Å². The SMILES string of the molecule is C.C.CC(C)CCC(CC(C)C)CC(C)C.CCC.CCC.CCC.CCC(C)CC(CCC(C)C)CC(CC)CC.CCCC.CCCC(C)CC(CCC(C)C)CC(C)CC. The van der Waals surface area contributed by atoms with Crippen LogP contribution in [0.3, 0.4) is 0 Å². The molecule has 5 unspecified atom stereocenters. The van der Waals surface area contributed by atoms with Gasteiger partial charge in [0.15, 0.2) is 0 Å². The van der Waals surface area contributed by atoms with Gasteiger partial charge >= 0.3 is 0 Å². The maximum atomic E-state index is 2.45. The highest BCUT2D eigenvalue weighted by atomic mass is 14.2. The summed E-state index contributed by atoms with van der Waals surface area (Å²) in [7, 11) is 0. The topological polar surface area (TPSA) is 0 Å². The van der Waals surface area contributed by atoms with Crippen molar-refractivity contribution >= 4 is 0 Å². The molecule has 0 aromatic carbocycles. The Bertz CT molecular complexity index is 663. The summed E-state index contributed by atoms with van der Waals surface area (Å²) in [4.78, 5) is 0. The highest BCUT2D eigenvalue weighted by Crippen LogP contribution is 2.31. The molecule has 0 aromatic heterocycles. The molecule has 0 aliphatic rings. The third-order valence-electron chi connectivity index (χ3n) is 11.8. The van der Waals surface area contributed by atoms with Crippen molar-refractivity contribution in [3.05, 3.63) is 0 Å². The molecule has 0 radical (unpaired) electrons. The molecule has 0 fully saturated rings. The lowest BCUT2D eigenvalue weighted by molar-refractivity contribution is 0.271. The smallest absolute Gasteiger partial charge is 0.0409 e. The zero-order valence-electron chi connectivity index (χ0n) is 49.2. The first kappa shape index (κ1) is 83.0. The van der Waals surface area contributed by atoms with Crippen molar-refractivity contribution in [1.82, 2.24) is 0 Å². The summed E-state index contributed by atoms with van der Waals surface area (Å²) in [6.07, 6.45) is 31.9. The zero-order chi connectivity index (χ0) is 49.2. The Balaban J connectivity index is -0.0000000858. The van der Waals surface area contributed by atoms with Crippen LogP contribution < -0.4 is 0 Å². The molecular formula is C63H144. The summed E-state index contributed by atoms with van der Waals surface area (Å²) in [6.45, 7) is 59.6. The van der Waals surface area contributed by atoms with E-state index in [1.165, 1.54) is 148 Å². The van der Waals surface area contributed by atoms with Gasteiger partial charge in [0.25, 0.3) is 0 Å². The highest BCUT2D eigenvalue weighted by Gasteiger charge is 2.18. The number of rotatable bonds is 28. The molecule has 63 heavy (non-hydrogen) atoms. The molecule has 0 heterocycles. The average Bonchev–Trinajstić information content (AvgIpc) is 3.18. The first-order chi connectivity index (χ1) is 28.6. The van der Waals surface area contributed by atoms with Crippen LogP contribution in [0, 0.1) is 71.0 Å². The van der Waals surface area contributed by atoms with Crippen molar-refractivity contribution in [3.8, 4) is 0 Å². The van der Waals surface area contributed by atoms with E-state index in [2.05, 4.69) is 180 Å². The molecule has 0 N–H and O–H groups in total. The number of hydrogen-bond donors (Lipinski definition) is 0. The Labute approximate surface area is 411 Å². The average molecular weight is 902 g/mol. The Morgan fingerprint density at radius 1 is 0.222 bits per heavy atom. The van der Waals surface area contributed by atoms with Crippen LogP contribution in [0.4, 0.5) is 0 Å². The molecule has 0 spiro atoms. The van der Waals surface area contributed by atoms with Crippen molar-refractivity contribution in [2.45, 2.75) is 343 Å². The van der Waals surface area contributed by atoms with E-state index in [9.17, 15) is 0 Å². The Hall–Kier alpha value is 0. The van der Waals surface area contributed by atoms with Crippen LogP contribution in [0.25, 0.3) is 0 Å². The van der Waals surface area contributed by atoms with Gasteiger partial charge in [-0.3, -0.25) is 0 Å². The number of unbranched alkanes of at least 4 members (excludes halogenated alkanes) is 1. The number of hydrogen-bond acceptors (Lipinski definition) is 0. The summed E-state index contributed by atoms with van der Waals surface area (Å²) < 4.78 is 0. The molecule has 0 aliphatic heterocycles. The summed E-state index contributed by atoms with van der Waals surface area (Å²) in [6, 6.07) is 0. The van der Waals surface area contributed by atoms with Gasteiger partial charge in [-0.1, -0.05) is 304 Å². The fraction of sp³-hybridized carbons (Fsp3) is 1.00. The lowest BCUT2D eigenvalue weighted by Gasteiger charge is -2.25. The molecule has 0 saturated carbocycles. The van der Waals surface area contributed by atoms with Gasteiger partial charge in [-0.2, -0.15) is 0 Å². The monoisotopic (exact) mass is 901 g/mol. The molecule has 0 aromatic rings. The predicted molar refractivity (Wildman–Crippen MR) is 309 cm³/mol. The van der Waals surface area contributed by atoms with Crippen molar-refractivity contribution < 1.29 is 0 Å². The van der Waals surface area contributed by atoms with Gasteiger partial charge in [0.2, 0.25) is 0 Å². The van der Waals surface area contributed by atoms with Crippen LogP contribution in [0.15, 0.2) is 0 Å². The van der Waals surface area contributed by atoms with Crippen molar-refractivity contribution in [2.75, 3.05) is 0 Å². The fourth-order valence-electron chi connectivity index (χ4n) is 7.78. The van der Waals surface area contributed by atoms with Gasteiger partial charge in [-0.15, -0.1) is 0 Å². The van der Waals surface area contributed by atoms with Crippen LogP contribution in [0.5, 0.6) is 0 Å². The first-order valence-electron chi connectivity index (χ1n) is 28.6. The van der Waals surface area contributed by atoms with Crippen LogP contribution in [-0.2, 0) is 0 Å². The van der Waals surface area contributed by atoms with Crippen molar-refractivity contribution in [1.29, 1.82) is 0 Å². The molecule has 0 bridgehead atoms. The van der Waals surface area contributed by atoms with Crippen molar-refractivity contribution in [2.24, 2.45) is 71.0 Å². The maximum Gasteiger partial charge on any atom is -0.0409 e. The maximum absolute atomic E-state index is 2.45. The third-order valence-corrected chi connectivity index (χ3v) is 11.8. The van der Waals surface area contributed by atoms with Gasteiger partial charge in [-0.05, 0) is 110 Å². The van der Waals surface area contributed by atoms with E-state index in [1.807, 2.05) is 0 Å². The first-order valence-corrected chi connectivity index (χ1v) is 28.6. The molecule has 396 valence electrons. The van der Waals surface area contributed by atoms with E-state index >= 15 is 0 Å². The van der Waals surface area contributed by atoms with Gasteiger partial charge in [0.1, 0.15) is 0 Å². The molecule has 0 amide bonds. The largest absolute Gasteiger partial charge is 0.0776 e. The zero-order valence-corrected chi connectivity index (χ0v) is 49.2. The minimum atomic E-state index is 0. The Morgan fingerprint density at radius 2 is 0.476 bits per heavy atom. The summed E-state index contributed by atoms with van der Waals surface area (Å²) in [5.41, 5.74) is 0. The van der Waals surface area contributed by atoms with Gasteiger partial charge in [-0.25, -0.2) is 0 Å². The quantitative estimate of drug-likeness (QED) is 0.0734. The van der Waals surface area contributed by atoms with E-state index < -0.39 is 0 Å². The molecule has 0 heteroatoms. The van der Waals surface area contributed by atoms with Gasteiger partial charge < -0.3 is 0 Å². The fourth-order valence-corrected chi connectivity index (χ4v) is 7.78. The second-order valence-corrected chi connectivity index (χ2v) is 22.4. The molecule has 0 aliphatic carbocycles. The Kier molecular flexibility index (Phi) is 87.4. The molecule has 5 atom stereocenters. The van der Waals surface area contributed by atoms with E-state index in [4.69, 9.17) is 0 Å². The standard InChI is InChI=1S/2C17H36.C14H30.C4H10.3C3H8.2CH4/c1-7-9-16(6)13-17(11-10-14(3)4)12-15(5)8-2;1-7-15(6)12-17(11-10-14(4)5)13-16(8-2)9-3;1-11(2)7-8-14(9-12(3)4)10-13(5)6;1-3-4-2;3*1-3-2;;/h2*14-17H,7-13H2,1-6H3;11-14H,7-10H2,1-6H3;3-4H2,1-2H3;3*3H2,1-2H3;2*1H4. The van der Waals surface area contributed by atoms with Crippen LogP contribution >= 0.6 is 0 Å². The normalized spacial score (nSPS) is 12.9. The van der Waals surface area contributed by atoms with E-state index in [1.54, 1.807) is 0 Å². The molecule has 0 rings (SSSR count). The summed E-state index contributed by atoms with van der Waals surface area (Å²) in [5.74, 6) is 11.0. The summed E-state index contributed by atoms with van der Waals surface area (Å²) >= 11 is 0. The highest BCUT2D eigenvalue weighted by molar-refractivity contribution is 4.70. The van der Waals surface area contributed by atoms with Crippen LogP contribution in [0.1, 0.15) is 343 Å². The molecule has 0 saturated heterocycles. The van der Waals surface area contributed by atoms with Gasteiger partial charge in [0.05, 0.1) is 0 Å². The lowest BCUT2D eigenvalue weighted by atomic mass is 9.81. The van der Waals surface area contributed by atoms with E-state index in [0.29, 0.717) is 0 Å². The molecular weight excluding hydrogens is 757 g/mol. The van der Waals surface area contributed by atoms with Gasteiger partial charge in [0, 0.05) is 0 Å². The van der Waals surface area contributed by atoms with Crippen molar-refractivity contribution in [3.63, 3.8) is 0 Å². The second kappa shape index (κ2) is 66.3. The summed E-state index contributed by atoms with van der Waals surface area (Å²) in [5, 5.41) is 0. The third kappa shape index (κ3) is 85.8. The van der Waals surface area contributed by atoms with Crippen LogP contribution in [-0.4, -0.2) is 0 Å². The Morgan fingerprint density at radius 3 is 0.683 bits per heavy atom. The molecule has 0 nitrogen and oxygen atoms in total. The minimum absolute atomic E-state index is 0. The predicted octanol–water partition coefficient (Wildman–Crippen LogP) is 25.1. The van der Waals surface area contributed by atoms with E-state index in [0.717, 1.165) is 71.0 Å². The van der Waals surface area contributed by atoms with Crippen LogP contribution in [0.2, 0.25) is 0 Å². The minimum Gasteiger partial charge on any atom is -0.0776 e. The second-order valence-electron chi connectivity index (χ2n) is 22.4. The lowest BCUT2D eigenvalue weighted by Crippen LogP contribution is -2.12.